The van der Waals surface area contributed by atoms with E-state index in [1.165, 1.54) is 17.4 Å². The van der Waals surface area contributed by atoms with Gasteiger partial charge in [0.15, 0.2) is 0 Å². The van der Waals surface area contributed by atoms with E-state index in [0.29, 0.717) is 31.5 Å². The fourth-order valence-electron chi connectivity index (χ4n) is 4.05. The van der Waals surface area contributed by atoms with Crippen LogP contribution in [0.4, 0.5) is 0 Å². The Morgan fingerprint density at radius 3 is 2.50 bits per heavy atom. The number of aromatic amines is 1. The van der Waals surface area contributed by atoms with Crippen molar-refractivity contribution in [3.63, 3.8) is 0 Å². The molecule has 0 unspecified atom stereocenters. The van der Waals surface area contributed by atoms with E-state index in [1.54, 1.807) is 0 Å². The largest absolute Gasteiger partial charge is 0.480 e. The van der Waals surface area contributed by atoms with Gasteiger partial charge in [-0.3, -0.25) is 14.4 Å². The van der Waals surface area contributed by atoms with Crippen LogP contribution in [0.25, 0.3) is 0 Å². The second-order valence-corrected chi connectivity index (χ2v) is 9.47. The molecule has 2 heterocycles. The van der Waals surface area contributed by atoms with Gasteiger partial charge in [0.1, 0.15) is 18.1 Å². The molecule has 1 aromatic heterocycles. The second-order valence-electron chi connectivity index (χ2n) is 9.47. The number of carbonyl (C=O) groups is 4. The Balaban J connectivity index is 2.10. The number of hydrogen-bond acceptors (Lipinski definition) is 6. The van der Waals surface area contributed by atoms with Crippen LogP contribution in [-0.2, 0) is 25.6 Å². The summed E-state index contributed by atoms with van der Waals surface area (Å²) < 4.78 is 0. The smallest absolute Gasteiger partial charge is 0.326 e. The zero-order chi connectivity index (χ0) is 25.4. The Hall–Kier alpha value is -2.95. The van der Waals surface area contributed by atoms with Gasteiger partial charge in [-0.1, -0.05) is 34.1 Å². The first-order valence-electron chi connectivity index (χ1n) is 11.9. The Kier molecular flexibility index (Phi) is 10.0. The van der Waals surface area contributed by atoms with Crippen molar-refractivity contribution in [3.8, 4) is 0 Å². The molecular formula is C23H38N6O5. The van der Waals surface area contributed by atoms with Crippen molar-refractivity contribution in [2.45, 2.75) is 84.0 Å². The topological polar surface area (TPSA) is 171 Å². The van der Waals surface area contributed by atoms with Crippen LogP contribution in [0, 0.1) is 11.8 Å². The number of nitrogens with one attached hydrogen (secondary N) is 3. The molecule has 0 saturated carbocycles. The first-order valence-corrected chi connectivity index (χ1v) is 11.9. The number of amides is 3. The molecule has 0 bridgehead atoms. The molecule has 1 aromatic rings. The van der Waals surface area contributed by atoms with E-state index in [9.17, 15) is 24.3 Å². The first kappa shape index (κ1) is 27.3. The zero-order valence-electron chi connectivity index (χ0n) is 20.4. The summed E-state index contributed by atoms with van der Waals surface area (Å²) in [7, 11) is 0. The lowest BCUT2D eigenvalue weighted by atomic mass is 9.98. The van der Waals surface area contributed by atoms with Gasteiger partial charge in [-0.05, 0) is 31.1 Å². The van der Waals surface area contributed by atoms with Crippen LogP contribution in [0.2, 0.25) is 0 Å². The van der Waals surface area contributed by atoms with Gasteiger partial charge in [0.2, 0.25) is 17.7 Å². The number of aromatic nitrogens is 2. The first-order chi connectivity index (χ1) is 16.0. The van der Waals surface area contributed by atoms with E-state index in [4.69, 9.17) is 5.73 Å². The van der Waals surface area contributed by atoms with Crippen LogP contribution in [0.15, 0.2) is 12.5 Å². The molecule has 0 spiro atoms. The lowest BCUT2D eigenvalue weighted by Gasteiger charge is -2.30. The SMILES string of the molecule is CC[C@H](C)[C@H](N)C(=O)N1CCC[C@H]1C(=O)N[C@@H](CC(C)C)C(=O)N[C@@H](Cc1cnc[nH]1)C(=O)O. The summed E-state index contributed by atoms with van der Waals surface area (Å²) in [6.45, 7) is 8.11. The van der Waals surface area contributed by atoms with Gasteiger partial charge in [-0.25, -0.2) is 9.78 Å². The summed E-state index contributed by atoms with van der Waals surface area (Å²) in [5.74, 6) is -2.41. The maximum Gasteiger partial charge on any atom is 0.326 e. The summed E-state index contributed by atoms with van der Waals surface area (Å²) in [6, 6.07) is -3.51. The fourth-order valence-corrected chi connectivity index (χ4v) is 4.05. The summed E-state index contributed by atoms with van der Waals surface area (Å²) in [5.41, 5.74) is 6.68. The fraction of sp³-hybridized carbons (Fsp3) is 0.696. The summed E-state index contributed by atoms with van der Waals surface area (Å²) >= 11 is 0. The van der Waals surface area contributed by atoms with Crippen LogP contribution < -0.4 is 16.4 Å². The Labute approximate surface area is 200 Å². The van der Waals surface area contributed by atoms with E-state index in [-0.39, 0.29) is 24.2 Å². The van der Waals surface area contributed by atoms with Crippen LogP contribution in [-0.4, -0.2) is 74.4 Å². The Bertz CT molecular complexity index is 843. The number of nitrogens with zero attached hydrogens (tertiary/aromatic N) is 2. The van der Waals surface area contributed by atoms with Crippen molar-refractivity contribution in [2.75, 3.05) is 6.54 Å². The summed E-state index contributed by atoms with van der Waals surface area (Å²) in [4.78, 5) is 58.9. The molecule has 11 nitrogen and oxygen atoms in total. The zero-order valence-corrected chi connectivity index (χ0v) is 20.4. The highest BCUT2D eigenvalue weighted by molar-refractivity contribution is 5.94. The van der Waals surface area contributed by atoms with Crippen molar-refractivity contribution in [1.82, 2.24) is 25.5 Å². The highest BCUT2D eigenvalue weighted by atomic mass is 16.4. The van der Waals surface area contributed by atoms with Gasteiger partial charge in [0, 0.05) is 24.9 Å². The second kappa shape index (κ2) is 12.5. The molecule has 6 N–H and O–H groups in total. The molecule has 0 radical (unpaired) electrons. The summed E-state index contributed by atoms with van der Waals surface area (Å²) in [6.07, 6.45) is 5.17. The average Bonchev–Trinajstić information content (AvgIpc) is 3.48. The molecule has 1 fully saturated rings. The molecular weight excluding hydrogens is 440 g/mol. The normalized spacial score (nSPS) is 19.4. The van der Waals surface area contributed by atoms with E-state index in [0.717, 1.165) is 6.42 Å². The van der Waals surface area contributed by atoms with Gasteiger partial charge in [-0.2, -0.15) is 0 Å². The standard InChI is InChI=1S/C23H38N6O5/c1-5-14(4)19(24)22(32)29-8-6-7-18(29)21(31)27-16(9-13(2)3)20(30)28-17(23(33)34)10-15-11-25-12-26-15/h11-14,16-19H,5-10,24H2,1-4H3,(H,25,26)(H,27,31)(H,28,30)(H,33,34)/t14-,16-,17-,18-,19-/m0/s1. The minimum absolute atomic E-state index is 0.0147. The summed E-state index contributed by atoms with van der Waals surface area (Å²) in [5, 5.41) is 14.9. The molecule has 3 amide bonds. The molecule has 190 valence electrons. The molecule has 1 aliphatic rings. The number of H-pyrrole nitrogens is 1. The van der Waals surface area contributed by atoms with E-state index in [2.05, 4.69) is 20.6 Å². The highest BCUT2D eigenvalue weighted by Crippen LogP contribution is 2.21. The maximum absolute atomic E-state index is 13.1. The van der Waals surface area contributed by atoms with E-state index in [1.807, 2.05) is 27.7 Å². The molecule has 5 atom stereocenters. The molecule has 1 aliphatic heterocycles. The Morgan fingerprint density at radius 2 is 1.94 bits per heavy atom. The lowest BCUT2D eigenvalue weighted by Crippen LogP contribution is -2.57. The van der Waals surface area contributed by atoms with Crippen molar-refractivity contribution < 1.29 is 24.3 Å². The quantitative estimate of drug-likeness (QED) is 0.290. The number of carboxylic acid groups (broad SMARTS) is 1. The molecule has 11 heteroatoms. The van der Waals surface area contributed by atoms with Gasteiger partial charge < -0.3 is 31.4 Å². The number of hydrogen-bond donors (Lipinski definition) is 5. The van der Waals surface area contributed by atoms with Crippen LogP contribution in [0.3, 0.4) is 0 Å². The monoisotopic (exact) mass is 478 g/mol. The van der Waals surface area contributed by atoms with Crippen molar-refractivity contribution in [1.29, 1.82) is 0 Å². The predicted octanol–water partition coefficient (Wildman–Crippen LogP) is 0.417. The van der Waals surface area contributed by atoms with Crippen molar-refractivity contribution in [3.05, 3.63) is 18.2 Å². The number of nitrogens with two attached hydrogens (primary N) is 1. The third kappa shape index (κ3) is 7.28. The van der Waals surface area contributed by atoms with Crippen LogP contribution in [0.1, 0.15) is 59.1 Å². The van der Waals surface area contributed by atoms with Gasteiger partial charge in [0.25, 0.3) is 0 Å². The number of imidazole rings is 1. The molecule has 0 aliphatic carbocycles. The molecule has 1 saturated heterocycles. The van der Waals surface area contributed by atoms with Gasteiger partial charge in [0.05, 0.1) is 12.4 Å². The van der Waals surface area contributed by atoms with Crippen LogP contribution in [0.5, 0.6) is 0 Å². The Morgan fingerprint density at radius 1 is 1.24 bits per heavy atom. The average molecular weight is 479 g/mol. The number of aliphatic carboxylic acids is 1. The molecule has 2 rings (SSSR count). The predicted molar refractivity (Wildman–Crippen MR) is 125 cm³/mol. The van der Waals surface area contributed by atoms with Crippen molar-refractivity contribution in [2.24, 2.45) is 17.6 Å². The number of carboxylic acids is 1. The number of carbonyl (C=O) groups excluding carboxylic acids is 3. The third-order valence-corrected chi connectivity index (χ3v) is 6.31. The van der Waals surface area contributed by atoms with E-state index < -0.39 is 42.0 Å². The minimum atomic E-state index is -1.19. The number of rotatable bonds is 12. The maximum atomic E-state index is 13.1. The lowest BCUT2D eigenvalue weighted by molar-refractivity contribution is -0.143. The molecule has 34 heavy (non-hydrogen) atoms. The van der Waals surface area contributed by atoms with E-state index >= 15 is 0 Å². The highest BCUT2D eigenvalue weighted by Gasteiger charge is 2.38. The van der Waals surface area contributed by atoms with Gasteiger partial charge in [-0.15, -0.1) is 0 Å². The van der Waals surface area contributed by atoms with Crippen molar-refractivity contribution >= 4 is 23.7 Å². The van der Waals surface area contributed by atoms with Crippen LogP contribution >= 0.6 is 0 Å². The number of likely N-dealkylation sites (tertiary alicyclic amines) is 1. The van der Waals surface area contributed by atoms with Gasteiger partial charge >= 0.3 is 5.97 Å². The minimum Gasteiger partial charge on any atom is -0.480 e. The third-order valence-electron chi connectivity index (χ3n) is 6.31. The molecule has 0 aromatic carbocycles.